The summed E-state index contributed by atoms with van der Waals surface area (Å²) in [6.45, 7) is 0. The second-order valence-electron chi connectivity index (χ2n) is 7.13. The second kappa shape index (κ2) is 8.54. The van der Waals surface area contributed by atoms with E-state index in [-0.39, 0.29) is 28.2 Å². The van der Waals surface area contributed by atoms with E-state index in [0.717, 1.165) is 16.1 Å². The Balaban J connectivity index is 1.93. The molecule has 33 heavy (non-hydrogen) atoms. The number of carbonyl (C=O) groups excluding carboxylic acids is 1. The minimum atomic E-state index is -1.40. The van der Waals surface area contributed by atoms with Gasteiger partial charge in [0, 0.05) is 18.0 Å². The normalized spacial score (nSPS) is 10.8. The average Bonchev–Trinajstić information content (AvgIpc) is 2.81. The van der Waals surface area contributed by atoms with Crippen LogP contribution in [-0.2, 0) is 0 Å². The minimum Gasteiger partial charge on any atom is -0.463 e. The molecule has 7 nitrogen and oxygen atoms in total. The first-order chi connectivity index (χ1) is 15.8. The molecule has 0 aliphatic carbocycles. The number of hydrogen-bond donors (Lipinski definition) is 2. The van der Waals surface area contributed by atoms with Gasteiger partial charge < -0.3 is 10.8 Å². The highest BCUT2D eigenvalue weighted by atomic mass is 19.2. The fourth-order valence-corrected chi connectivity index (χ4v) is 3.58. The molecule has 4 aromatic rings. The lowest BCUT2D eigenvalue weighted by Gasteiger charge is -2.30. The van der Waals surface area contributed by atoms with Gasteiger partial charge in [-0.2, -0.15) is 5.01 Å². The highest BCUT2D eigenvalue weighted by Gasteiger charge is 2.29. The lowest BCUT2D eigenvalue weighted by Crippen LogP contribution is -2.47. The van der Waals surface area contributed by atoms with Crippen molar-refractivity contribution in [3.05, 3.63) is 90.0 Å². The molecule has 3 N–H and O–H groups in total. The quantitative estimate of drug-likeness (QED) is 0.433. The summed E-state index contributed by atoms with van der Waals surface area (Å²) in [7, 11) is 1.28. The van der Waals surface area contributed by atoms with Gasteiger partial charge in [-0.3, -0.25) is 4.79 Å². The van der Waals surface area contributed by atoms with E-state index in [9.17, 15) is 23.5 Å². The topological polar surface area (TPSA) is 99.8 Å². The molecule has 0 bridgehead atoms. The van der Waals surface area contributed by atoms with Crippen LogP contribution < -0.4 is 10.7 Å². The van der Waals surface area contributed by atoms with E-state index in [4.69, 9.17) is 5.73 Å². The zero-order valence-corrected chi connectivity index (χ0v) is 17.4. The smallest absolute Gasteiger partial charge is 0.431 e. The summed E-state index contributed by atoms with van der Waals surface area (Å²) in [5, 5.41) is 11.8. The second-order valence-corrected chi connectivity index (χ2v) is 7.13. The van der Waals surface area contributed by atoms with Crippen molar-refractivity contribution in [3.63, 3.8) is 0 Å². The van der Waals surface area contributed by atoms with Crippen LogP contribution in [0, 0.1) is 11.6 Å². The molecule has 0 aliphatic heterocycles. The molecule has 0 saturated heterocycles. The number of aromatic nitrogens is 1. The summed E-state index contributed by atoms with van der Waals surface area (Å²) in [5.41, 5.74) is 6.21. The van der Waals surface area contributed by atoms with Crippen molar-refractivity contribution in [1.29, 1.82) is 0 Å². The number of pyridine rings is 1. The van der Waals surface area contributed by atoms with Crippen molar-refractivity contribution in [3.8, 4) is 11.3 Å². The first kappa shape index (κ1) is 21.7. The molecule has 2 amide bonds. The lowest BCUT2D eigenvalue weighted by atomic mass is 10.00. The highest BCUT2D eigenvalue weighted by molar-refractivity contribution is 6.14. The molecule has 0 aliphatic rings. The first-order valence-electron chi connectivity index (χ1n) is 9.80. The number of hydrazine groups is 1. The number of nitrogen functional groups attached to an aromatic ring is 1. The predicted molar refractivity (Wildman–Crippen MR) is 121 cm³/mol. The summed E-state index contributed by atoms with van der Waals surface area (Å²) in [6.07, 6.45) is -1.40. The fourth-order valence-electron chi connectivity index (χ4n) is 3.58. The van der Waals surface area contributed by atoms with E-state index in [0.29, 0.717) is 10.9 Å². The number of nitrogens with two attached hydrogens (primary N) is 1. The molecular formula is C24H18F2N4O3. The number of amides is 2. The van der Waals surface area contributed by atoms with Gasteiger partial charge in [-0.05, 0) is 30.3 Å². The first-order valence-corrected chi connectivity index (χ1v) is 9.80. The Morgan fingerprint density at radius 2 is 1.61 bits per heavy atom. The maximum Gasteiger partial charge on any atom is 0.431 e. The summed E-state index contributed by atoms with van der Waals surface area (Å²) >= 11 is 0. The van der Waals surface area contributed by atoms with Crippen molar-refractivity contribution in [1.82, 2.24) is 9.99 Å². The van der Waals surface area contributed by atoms with Gasteiger partial charge in [0.25, 0.3) is 5.91 Å². The molecule has 0 saturated carbocycles. The van der Waals surface area contributed by atoms with Crippen LogP contribution in [0.3, 0.4) is 0 Å². The van der Waals surface area contributed by atoms with Crippen molar-refractivity contribution in [2.75, 3.05) is 17.8 Å². The van der Waals surface area contributed by atoms with Crippen LogP contribution >= 0.6 is 0 Å². The molecule has 0 fully saturated rings. The number of halogens is 2. The molecule has 0 atom stereocenters. The highest BCUT2D eigenvalue weighted by Crippen LogP contribution is 2.35. The standard InChI is InChI=1S/C24H18F2N4O3/c1-29(30(24(32)33)14-8-3-2-4-9-14)23(31)19-15-10-5-6-13-18(15)28-22(21(19)27)16-11-7-12-17(25)20(16)26/h2-13H,27H2,1H3,(H,32,33). The van der Waals surface area contributed by atoms with E-state index < -0.39 is 23.6 Å². The molecule has 166 valence electrons. The zero-order valence-electron chi connectivity index (χ0n) is 17.4. The lowest BCUT2D eigenvalue weighted by molar-refractivity contribution is 0.0772. The van der Waals surface area contributed by atoms with Gasteiger partial charge in [-0.1, -0.05) is 42.5 Å². The summed E-state index contributed by atoms with van der Waals surface area (Å²) in [6, 6.07) is 18.1. The zero-order chi connectivity index (χ0) is 23.7. The third-order valence-electron chi connectivity index (χ3n) is 5.13. The fraction of sp³-hybridized carbons (Fsp3) is 0.0417. The third-order valence-corrected chi connectivity index (χ3v) is 5.13. The molecule has 1 heterocycles. The maximum absolute atomic E-state index is 14.6. The van der Waals surface area contributed by atoms with Crippen LogP contribution in [0.25, 0.3) is 22.2 Å². The Bertz CT molecular complexity index is 1380. The molecule has 3 aromatic carbocycles. The summed E-state index contributed by atoms with van der Waals surface area (Å²) < 4.78 is 28.5. The summed E-state index contributed by atoms with van der Waals surface area (Å²) in [4.78, 5) is 29.9. The van der Waals surface area contributed by atoms with Crippen LogP contribution in [0.1, 0.15) is 10.4 Å². The van der Waals surface area contributed by atoms with Crippen LogP contribution in [0.15, 0.2) is 72.8 Å². The maximum atomic E-state index is 14.6. The van der Waals surface area contributed by atoms with Crippen LogP contribution in [0.5, 0.6) is 0 Å². The number of anilines is 2. The van der Waals surface area contributed by atoms with Crippen molar-refractivity contribution >= 4 is 34.3 Å². The number of benzene rings is 3. The van der Waals surface area contributed by atoms with Crippen LogP contribution in [-0.4, -0.2) is 34.1 Å². The van der Waals surface area contributed by atoms with E-state index in [1.807, 2.05) is 0 Å². The number of carboxylic acid groups (broad SMARTS) is 1. The van der Waals surface area contributed by atoms with Gasteiger partial charge in [0.2, 0.25) is 0 Å². The number of para-hydroxylation sites is 2. The molecule has 0 radical (unpaired) electrons. The monoisotopic (exact) mass is 448 g/mol. The number of fused-ring (bicyclic) bond motifs is 1. The third kappa shape index (κ3) is 3.80. The van der Waals surface area contributed by atoms with E-state index >= 15 is 0 Å². The Labute approximate surface area is 187 Å². The molecule has 0 unspecified atom stereocenters. The Morgan fingerprint density at radius 3 is 2.30 bits per heavy atom. The van der Waals surface area contributed by atoms with Gasteiger partial charge in [0.15, 0.2) is 11.6 Å². The molecule has 0 spiro atoms. The Morgan fingerprint density at radius 1 is 0.939 bits per heavy atom. The Hall–Kier alpha value is -4.53. The largest absolute Gasteiger partial charge is 0.463 e. The number of nitrogens with zero attached hydrogens (tertiary/aromatic N) is 3. The van der Waals surface area contributed by atoms with Crippen LogP contribution in [0.2, 0.25) is 0 Å². The molecule has 1 aromatic heterocycles. The number of hydrogen-bond acceptors (Lipinski definition) is 4. The number of rotatable bonds is 3. The van der Waals surface area contributed by atoms with Gasteiger partial charge in [0.05, 0.1) is 28.1 Å². The number of carbonyl (C=O) groups is 2. The minimum absolute atomic E-state index is 0.0797. The van der Waals surface area contributed by atoms with Crippen molar-refractivity contribution < 1.29 is 23.5 Å². The van der Waals surface area contributed by atoms with Gasteiger partial charge in [-0.15, -0.1) is 0 Å². The van der Waals surface area contributed by atoms with E-state index in [1.165, 1.54) is 31.3 Å². The van der Waals surface area contributed by atoms with Gasteiger partial charge in [0.1, 0.15) is 0 Å². The molecule has 4 rings (SSSR count). The molecule has 9 heteroatoms. The van der Waals surface area contributed by atoms with Crippen molar-refractivity contribution in [2.24, 2.45) is 0 Å². The average molecular weight is 448 g/mol. The van der Waals surface area contributed by atoms with Crippen LogP contribution in [0.4, 0.5) is 25.0 Å². The SMILES string of the molecule is CN(C(=O)c1c(N)c(-c2cccc(F)c2F)nc2ccccc12)N(C(=O)O)c1ccccc1. The van der Waals surface area contributed by atoms with Gasteiger partial charge >= 0.3 is 6.09 Å². The van der Waals surface area contributed by atoms with Crippen molar-refractivity contribution in [2.45, 2.75) is 0 Å². The van der Waals surface area contributed by atoms with E-state index in [1.54, 1.807) is 42.5 Å². The Kier molecular flexibility index (Phi) is 5.61. The molecular weight excluding hydrogens is 430 g/mol. The predicted octanol–water partition coefficient (Wildman–Crippen LogP) is 4.93. The van der Waals surface area contributed by atoms with E-state index in [2.05, 4.69) is 4.98 Å². The summed E-state index contributed by atoms with van der Waals surface area (Å²) in [5.74, 6) is -3.02. The van der Waals surface area contributed by atoms with Gasteiger partial charge in [-0.25, -0.2) is 23.6 Å².